The van der Waals surface area contributed by atoms with Gasteiger partial charge in [-0.15, -0.1) is 0 Å². The average Bonchev–Trinajstić information content (AvgIpc) is 2.96. The maximum atomic E-state index is 12.9. The van der Waals surface area contributed by atoms with E-state index in [1.54, 1.807) is 19.9 Å². The van der Waals surface area contributed by atoms with E-state index < -0.39 is 33.3 Å². The third-order valence-electron chi connectivity index (χ3n) is 5.84. The lowest BCUT2D eigenvalue weighted by atomic mass is 9.73. The van der Waals surface area contributed by atoms with Crippen molar-refractivity contribution in [3.63, 3.8) is 0 Å². The highest BCUT2D eigenvalue weighted by Gasteiger charge is 2.47. The van der Waals surface area contributed by atoms with Gasteiger partial charge < -0.3 is 9.50 Å². The lowest BCUT2D eigenvalue weighted by Crippen LogP contribution is -2.33. The molecule has 1 aliphatic heterocycles. The zero-order valence-corrected chi connectivity index (χ0v) is 20.0. The van der Waals surface area contributed by atoms with Crippen molar-refractivity contribution in [2.75, 3.05) is 6.26 Å². The molecule has 2 N–H and O–H groups in total. The van der Waals surface area contributed by atoms with Crippen LogP contribution < -0.4 is 14.8 Å². The van der Waals surface area contributed by atoms with Gasteiger partial charge in [-0.1, -0.05) is 13.0 Å². The summed E-state index contributed by atoms with van der Waals surface area (Å²) < 4.78 is 28.8. The fraction of sp³-hybridized carbons (Fsp3) is 0.391. The number of pyridine rings is 1. The van der Waals surface area contributed by atoms with E-state index in [1.807, 2.05) is 26.0 Å². The van der Waals surface area contributed by atoms with E-state index in [2.05, 4.69) is 15.6 Å². The minimum atomic E-state index is -3.93. The number of aromatic nitrogens is 1. The highest BCUT2D eigenvalue weighted by molar-refractivity contribution is 7.86. The molecule has 3 rings (SSSR count). The molecule has 0 unspecified atom stereocenters. The molecule has 0 aliphatic carbocycles. The monoisotopic (exact) mass is 473 g/mol. The Morgan fingerprint density at radius 3 is 2.39 bits per heavy atom. The molecule has 9 nitrogen and oxygen atoms in total. The number of hydrogen-bond acceptors (Lipinski definition) is 7. The van der Waals surface area contributed by atoms with Crippen molar-refractivity contribution >= 4 is 27.8 Å². The molecule has 33 heavy (non-hydrogen) atoms. The van der Waals surface area contributed by atoms with Crippen molar-refractivity contribution in [1.29, 1.82) is 0 Å². The van der Waals surface area contributed by atoms with Crippen molar-refractivity contribution in [1.82, 2.24) is 15.6 Å². The molecule has 1 fully saturated rings. The van der Waals surface area contributed by atoms with Crippen molar-refractivity contribution in [3.8, 4) is 5.75 Å². The van der Waals surface area contributed by atoms with E-state index in [0.29, 0.717) is 5.56 Å². The van der Waals surface area contributed by atoms with Gasteiger partial charge in [0.15, 0.2) is 5.75 Å². The Hall–Kier alpha value is -3.27. The Kier molecular flexibility index (Phi) is 6.60. The molecule has 176 valence electrons. The molecule has 10 heteroatoms. The Morgan fingerprint density at radius 1 is 1.21 bits per heavy atom. The van der Waals surface area contributed by atoms with Crippen LogP contribution in [0.3, 0.4) is 0 Å². The van der Waals surface area contributed by atoms with Crippen molar-refractivity contribution in [2.24, 2.45) is 5.41 Å². The third-order valence-corrected chi connectivity index (χ3v) is 6.32. The Morgan fingerprint density at radius 2 is 1.85 bits per heavy atom. The van der Waals surface area contributed by atoms with Crippen LogP contribution >= 0.6 is 0 Å². The first kappa shape index (κ1) is 24.4. The number of carbonyl (C=O) groups is 3. The molecular formula is C23H27N3O6S. The summed E-state index contributed by atoms with van der Waals surface area (Å²) in [6.07, 6.45) is 0.903. The lowest BCUT2D eigenvalue weighted by molar-refractivity contribution is -0.128. The number of carbonyl (C=O) groups excluding carboxylic acids is 3. The maximum absolute atomic E-state index is 12.9. The van der Waals surface area contributed by atoms with Gasteiger partial charge in [0.05, 0.1) is 17.2 Å². The number of aryl methyl sites for hydroxylation is 2. The van der Waals surface area contributed by atoms with Gasteiger partial charge in [-0.25, -0.2) is 0 Å². The summed E-state index contributed by atoms with van der Waals surface area (Å²) in [7, 11) is -3.93. The van der Waals surface area contributed by atoms with Gasteiger partial charge in [-0.2, -0.15) is 8.42 Å². The molecular weight excluding hydrogens is 446 g/mol. The predicted octanol–water partition coefficient (Wildman–Crippen LogP) is 2.12. The van der Waals surface area contributed by atoms with E-state index in [1.165, 1.54) is 12.1 Å². The molecule has 3 amide bonds. The van der Waals surface area contributed by atoms with E-state index in [-0.39, 0.29) is 30.2 Å². The fourth-order valence-corrected chi connectivity index (χ4v) is 4.44. The summed E-state index contributed by atoms with van der Waals surface area (Å²) in [6, 6.07) is 8.23. The van der Waals surface area contributed by atoms with E-state index in [9.17, 15) is 22.8 Å². The molecule has 0 radical (unpaired) electrons. The summed E-state index contributed by atoms with van der Waals surface area (Å²) in [5, 5.41) is 5.08. The third kappa shape index (κ3) is 5.57. The van der Waals surface area contributed by atoms with Gasteiger partial charge in [0.2, 0.25) is 11.8 Å². The van der Waals surface area contributed by atoms with Crippen molar-refractivity contribution in [2.45, 2.75) is 46.6 Å². The smallest absolute Gasteiger partial charge is 0.306 e. The largest absolute Gasteiger partial charge is 0.382 e. The topological polar surface area (TPSA) is 132 Å². The second-order valence-corrected chi connectivity index (χ2v) is 10.3. The van der Waals surface area contributed by atoms with Gasteiger partial charge in [0.1, 0.15) is 0 Å². The summed E-state index contributed by atoms with van der Waals surface area (Å²) in [5.74, 6) is -1.85. The van der Waals surface area contributed by atoms with Gasteiger partial charge in [-0.3, -0.25) is 24.7 Å². The molecule has 1 aliphatic rings. The van der Waals surface area contributed by atoms with E-state index in [4.69, 9.17) is 4.18 Å². The minimum Gasteiger partial charge on any atom is -0.382 e. The molecule has 0 bridgehead atoms. The normalized spacial score (nSPS) is 19.2. The van der Waals surface area contributed by atoms with Crippen LogP contribution in [0.15, 0.2) is 30.3 Å². The standard InChI is InChI=1S/C23H27N3O6S/c1-13-8-16(9-14(2)25-13)12-24-21(28)18-7-6-17(10-19(18)32-33(5,30)31)15(3)23(4)11-20(27)26-22(23)29/h6-10,15H,11-12H2,1-5H3,(H,24,28)(H,26,27,29)/t15-,23+/m1/s1. The first-order chi connectivity index (χ1) is 15.3. The minimum absolute atomic E-state index is 0.0161. The SMILES string of the molecule is Cc1cc(CNC(=O)c2ccc([C@@H](C)[C@]3(C)CC(=O)NC3=O)cc2OS(C)(=O)=O)cc(C)n1. The van der Waals surface area contributed by atoms with Crippen LogP contribution in [0.5, 0.6) is 5.75 Å². The molecule has 2 atom stereocenters. The summed E-state index contributed by atoms with van der Waals surface area (Å²) in [4.78, 5) is 41.3. The number of benzene rings is 1. The van der Waals surface area contributed by atoms with Crippen molar-refractivity contribution in [3.05, 3.63) is 58.4 Å². The van der Waals surface area contributed by atoms with E-state index >= 15 is 0 Å². The molecule has 0 spiro atoms. The molecule has 2 heterocycles. The van der Waals surface area contributed by atoms with Gasteiger partial charge >= 0.3 is 10.1 Å². The highest BCUT2D eigenvalue weighted by Crippen LogP contribution is 2.42. The quantitative estimate of drug-likeness (QED) is 0.465. The van der Waals surface area contributed by atoms with Crippen LogP contribution in [0.1, 0.15) is 59.1 Å². The van der Waals surface area contributed by atoms with Crippen LogP contribution in [0.25, 0.3) is 0 Å². The van der Waals surface area contributed by atoms with Crippen LogP contribution in [-0.4, -0.2) is 37.4 Å². The van der Waals surface area contributed by atoms with Crippen LogP contribution in [-0.2, 0) is 26.3 Å². The summed E-state index contributed by atoms with van der Waals surface area (Å²) in [5.41, 5.74) is 2.10. The molecule has 1 aromatic heterocycles. The average molecular weight is 474 g/mol. The van der Waals surface area contributed by atoms with Crippen LogP contribution in [0.2, 0.25) is 0 Å². The Labute approximate surface area is 193 Å². The summed E-state index contributed by atoms with van der Waals surface area (Å²) in [6.45, 7) is 7.38. The van der Waals surface area contributed by atoms with E-state index in [0.717, 1.165) is 23.2 Å². The number of nitrogens with one attached hydrogen (secondary N) is 2. The van der Waals surface area contributed by atoms with Gasteiger partial charge in [0.25, 0.3) is 5.91 Å². The molecule has 1 saturated heterocycles. The Balaban J connectivity index is 1.90. The first-order valence-electron chi connectivity index (χ1n) is 10.4. The second kappa shape index (κ2) is 8.93. The number of rotatable bonds is 7. The first-order valence-corrected chi connectivity index (χ1v) is 12.2. The van der Waals surface area contributed by atoms with Gasteiger partial charge in [0, 0.05) is 24.4 Å². The number of imide groups is 1. The van der Waals surface area contributed by atoms with Crippen molar-refractivity contribution < 1.29 is 27.0 Å². The lowest BCUT2D eigenvalue weighted by Gasteiger charge is -2.28. The van der Waals surface area contributed by atoms with Crippen LogP contribution in [0.4, 0.5) is 0 Å². The zero-order valence-electron chi connectivity index (χ0n) is 19.2. The second-order valence-electron chi connectivity index (χ2n) is 8.68. The number of hydrogen-bond donors (Lipinski definition) is 2. The fourth-order valence-electron chi connectivity index (χ4n) is 3.97. The number of nitrogens with zero attached hydrogens (tertiary/aromatic N) is 1. The molecule has 2 aromatic rings. The summed E-state index contributed by atoms with van der Waals surface area (Å²) >= 11 is 0. The molecule has 1 aromatic carbocycles. The van der Waals surface area contributed by atoms with Gasteiger partial charge in [-0.05, 0) is 62.1 Å². The molecule has 0 saturated carbocycles. The number of amides is 3. The zero-order chi connectivity index (χ0) is 24.6. The predicted molar refractivity (Wildman–Crippen MR) is 121 cm³/mol. The van der Waals surface area contributed by atoms with Crippen LogP contribution in [0, 0.1) is 19.3 Å². The maximum Gasteiger partial charge on any atom is 0.306 e. The Bertz CT molecular complexity index is 1220. The highest BCUT2D eigenvalue weighted by atomic mass is 32.2.